The molecule has 0 amide bonds. The predicted octanol–water partition coefficient (Wildman–Crippen LogP) is 14.5. The zero-order valence-electron chi connectivity index (χ0n) is 33.4. The van der Waals surface area contributed by atoms with Crippen LogP contribution in [0.15, 0.2) is 212 Å². The predicted molar refractivity (Wildman–Crippen MR) is 257 cm³/mol. The second-order valence-electron chi connectivity index (χ2n) is 16.0. The molecule has 62 heavy (non-hydrogen) atoms. The highest BCUT2D eigenvalue weighted by Crippen LogP contribution is 2.40. The van der Waals surface area contributed by atoms with Crippen LogP contribution in [0.1, 0.15) is 0 Å². The van der Waals surface area contributed by atoms with Gasteiger partial charge in [-0.1, -0.05) is 158 Å². The number of hydrogen-bond acceptors (Lipinski definition) is 3. The zero-order chi connectivity index (χ0) is 40.7. The molecule has 0 unspecified atom stereocenters. The summed E-state index contributed by atoms with van der Waals surface area (Å²) in [5.74, 6) is 1.93. The summed E-state index contributed by atoms with van der Waals surface area (Å²) in [4.78, 5) is 15.2. The van der Waals surface area contributed by atoms with Crippen molar-refractivity contribution in [2.75, 3.05) is 0 Å². The highest BCUT2D eigenvalue weighted by molar-refractivity contribution is 6.21. The summed E-state index contributed by atoms with van der Waals surface area (Å²) in [7, 11) is 0. The van der Waals surface area contributed by atoms with Gasteiger partial charge in [-0.2, -0.15) is 0 Å². The fourth-order valence-corrected chi connectivity index (χ4v) is 9.66. The summed E-state index contributed by atoms with van der Waals surface area (Å²) in [6.07, 6.45) is 0. The van der Waals surface area contributed by atoms with Gasteiger partial charge in [0, 0.05) is 49.6 Å². The van der Waals surface area contributed by atoms with Gasteiger partial charge in [0.15, 0.2) is 17.5 Å². The molecule has 0 aliphatic heterocycles. The lowest BCUT2D eigenvalue weighted by atomic mass is 10.0. The Kier molecular flexibility index (Phi) is 7.54. The number of fused-ring (bicyclic) bond motifs is 10. The molecular formula is C57H35N5. The van der Waals surface area contributed by atoms with E-state index in [-0.39, 0.29) is 0 Å². The lowest BCUT2D eigenvalue weighted by molar-refractivity contribution is 1.08. The summed E-state index contributed by atoms with van der Waals surface area (Å²) in [5, 5.41) is 12.1. The molecule has 13 aromatic rings. The second-order valence-corrected chi connectivity index (χ2v) is 16.0. The van der Waals surface area contributed by atoms with Crippen molar-refractivity contribution in [2.45, 2.75) is 0 Å². The standard InChI is InChI=1S/C57H35N5/c1-3-15-38(16-4-1)55-58-56(39-17-5-2-6-18-39)60-57(59-55)46-23-13-19-37-26-29-43(35-48(37)46)62-50-24-11-9-21-45(50)49-33-41-32-42(30-27-40(41)34-53(49)62)61-51-25-12-10-22-47(51)54-44-20-8-7-14-36(44)28-31-52(54)61/h1-35H. The topological polar surface area (TPSA) is 48.5 Å². The molecule has 0 N–H and O–H groups in total. The highest BCUT2D eigenvalue weighted by Gasteiger charge is 2.19. The van der Waals surface area contributed by atoms with E-state index in [1.165, 1.54) is 54.1 Å². The molecule has 5 heteroatoms. The van der Waals surface area contributed by atoms with Gasteiger partial charge in [-0.25, -0.2) is 15.0 Å². The molecule has 0 saturated heterocycles. The van der Waals surface area contributed by atoms with Crippen LogP contribution in [0.25, 0.3) is 121 Å². The summed E-state index contributed by atoms with van der Waals surface area (Å²) >= 11 is 0. The van der Waals surface area contributed by atoms with Crippen LogP contribution in [-0.2, 0) is 0 Å². The first-order valence-electron chi connectivity index (χ1n) is 21.0. The van der Waals surface area contributed by atoms with E-state index in [1.807, 2.05) is 60.7 Å². The lowest BCUT2D eigenvalue weighted by Gasteiger charge is -2.13. The van der Waals surface area contributed by atoms with Crippen molar-refractivity contribution in [1.29, 1.82) is 0 Å². The van der Waals surface area contributed by atoms with Gasteiger partial charge in [0.2, 0.25) is 0 Å². The van der Waals surface area contributed by atoms with Crippen LogP contribution in [0, 0.1) is 0 Å². The molecule has 10 aromatic carbocycles. The Morgan fingerprint density at radius 3 is 1.58 bits per heavy atom. The Morgan fingerprint density at radius 1 is 0.274 bits per heavy atom. The summed E-state index contributed by atoms with van der Waals surface area (Å²) in [6, 6.07) is 75.8. The van der Waals surface area contributed by atoms with Gasteiger partial charge in [-0.15, -0.1) is 0 Å². The Labute approximate surface area is 356 Å². The van der Waals surface area contributed by atoms with Gasteiger partial charge in [0.1, 0.15) is 0 Å². The van der Waals surface area contributed by atoms with Gasteiger partial charge in [-0.3, -0.25) is 0 Å². The van der Waals surface area contributed by atoms with Crippen molar-refractivity contribution in [3.63, 3.8) is 0 Å². The molecule has 0 atom stereocenters. The number of benzene rings is 10. The van der Waals surface area contributed by atoms with Crippen molar-refractivity contribution in [2.24, 2.45) is 0 Å². The molecular weight excluding hydrogens is 755 g/mol. The zero-order valence-corrected chi connectivity index (χ0v) is 33.4. The molecule has 0 bridgehead atoms. The molecule has 3 heterocycles. The van der Waals surface area contributed by atoms with Gasteiger partial charge in [0.25, 0.3) is 0 Å². The van der Waals surface area contributed by atoms with Gasteiger partial charge in [-0.05, 0) is 86.9 Å². The van der Waals surface area contributed by atoms with Crippen molar-refractivity contribution in [1.82, 2.24) is 24.1 Å². The van der Waals surface area contributed by atoms with Crippen LogP contribution in [-0.4, -0.2) is 24.1 Å². The third-order valence-electron chi connectivity index (χ3n) is 12.5. The SMILES string of the molecule is c1ccc(-c2nc(-c3ccccc3)nc(-c3cccc4ccc(-n5c6ccccc6c6cc7cc(-n8c9ccccc9c9c%10ccccc%10ccc98)ccc7cc65)cc34)n2)cc1. The van der Waals surface area contributed by atoms with E-state index in [2.05, 4.69) is 161 Å². The minimum Gasteiger partial charge on any atom is -0.309 e. The maximum absolute atomic E-state index is 5.12. The normalized spacial score (nSPS) is 11.9. The van der Waals surface area contributed by atoms with Crippen LogP contribution in [0.2, 0.25) is 0 Å². The molecule has 3 aromatic heterocycles. The van der Waals surface area contributed by atoms with Gasteiger partial charge in [0.05, 0.1) is 22.1 Å². The maximum atomic E-state index is 5.12. The van der Waals surface area contributed by atoms with Crippen LogP contribution in [0.3, 0.4) is 0 Å². The van der Waals surface area contributed by atoms with E-state index < -0.39 is 0 Å². The minimum absolute atomic E-state index is 0.640. The monoisotopic (exact) mass is 789 g/mol. The average molecular weight is 790 g/mol. The van der Waals surface area contributed by atoms with Crippen LogP contribution in [0.4, 0.5) is 0 Å². The third-order valence-corrected chi connectivity index (χ3v) is 12.5. The number of aromatic nitrogens is 5. The third kappa shape index (κ3) is 5.32. The molecule has 0 aliphatic rings. The first-order valence-corrected chi connectivity index (χ1v) is 21.0. The molecule has 13 rings (SSSR count). The van der Waals surface area contributed by atoms with Crippen molar-refractivity contribution in [3.8, 4) is 45.5 Å². The lowest BCUT2D eigenvalue weighted by Crippen LogP contribution is -2.01. The average Bonchev–Trinajstić information content (AvgIpc) is 3.86. The van der Waals surface area contributed by atoms with E-state index >= 15 is 0 Å². The Bertz CT molecular complexity index is 3860. The quantitative estimate of drug-likeness (QED) is 0.174. The number of rotatable bonds is 5. The van der Waals surface area contributed by atoms with Crippen molar-refractivity contribution < 1.29 is 0 Å². The van der Waals surface area contributed by atoms with Crippen molar-refractivity contribution >= 4 is 75.9 Å². The number of hydrogen-bond donors (Lipinski definition) is 0. The van der Waals surface area contributed by atoms with Crippen LogP contribution in [0.5, 0.6) is 0 Å². The van der Waals surface area contributed by atoms with Crippen LogP contribution < -0.4 is 0 Å². The summed E-state index contributed by atoms with van der Waals surface area (Å²) < 4.78 is 4.83. The van der Waals surface area contributed by atoms with E-state index in [9.17, 15) is 0 Å². The first-order chi connectivity index (χ1) is 30.7. The Balaban J connectivity index is 0.995. The molecule has 0 spiro atoms. The minimum atomic E-state index is 0.640. The smallest absolute Gasteiger partial charge is 0.164 e. The van der Waals surface area contributed by atoms with Gasteiger partial charge >= 0.3 is 0 Å². The number of para-hydroxylation sites is 2. The van der Waals surface area contributed by atoms with Crippen LogP contribution >= 0.6 is 0 Å². The highest BCUT2D eigenvalue weighted by atomic mass is 15.0. The Morgan fingerprint density at radius 2 is 0.823 bits per heavy atom. The molecule has 5 nitrogen and oxygen atoms in total. The van der Waals surface area contributed by atoms with Crippen molar-refractivity contribution in [3.05, 3.63) is 212 Å². The molecule has 0 aliphatic carbocycles. The largest absolute Gasteiger partial charge is 0.309 e. The fourth-order valence-electron chi connectivity index (χ4n) is 9.66. The Hall–Kier alpha value is -8.41. The van der Waals surface area contributed by atoms with Gasteiger partial charge < -0.3 is 9.13 Å². The summed E-state index contributed by atoms with van der Waals surface area (Å²) in [5.41, 5.74) is 9.80. The summed E-state index contributed by atoms with van der Waals surface area (Å²) in [6.45, 7) is 0. The second kappa shape index (κ2) is 13.6. The van der Waals surface area contributed by atoms with E-state index in [4.69, 9.17) is 15.0 Å². The first kappa shape index (κ1) is 34.5. The molecule has 0 fully saturated rings. The number of nitrogens with zero attached hydrogens (tertiary/aromatic N) is 5. The molecule has 0 radical (unpaired) electrons. The molecule has 288 valence electrons. The van der Waals surface area contributed by atoms with E-state index in [1.54, 1.807) is 0 Å². The van der Waals surface area contributed by atoms with E-state index in [0.717, 1.165) is 49.9 Å². The molecule has 0 saturated carbocycles. The van der Waals surface area contributed by atoms with E-state index in [0.29, 0.717) is 17.5 Å². The fraction of sp³-hybridized carbons (Fsp3) is 0. The maximum Gasteiger partial charge on any atom is 0.164 e.